The lowest BCUT2D eigenvalue weighted by molar-refractivity contribution is -0.121. The molecule has 6 nitrogen and oxygen atoms in total. The molecule has 11 heteroatoms. The quantitative estimate of drug-likeness (QED) is 0.343. The second-order valence-electron chi connectivity index (χ2n) is 8.49. The van der Waals surface area contributed by atoms with Crippen LogP contribution in [0.3, 0.4) is 0 Å². The summed E-state index contributed by atoms with van der Waals surface area (Å²) in [4.78, 5) is 14.9. The lowest BCUT2D eigenvalue weighted by Gasteiger charge is -2.31. The van der Waals surface area contributed by atoms with Gasteiger partial charge < -0.3 is 5.32 Å². The van der Waals surface area contributed by atoms with Crippen LogP contribution in [0.5, 0.6) is 0 Å². The molecule has 0 aliphatic carbocycles. The zero-order valence-corrected chi connectivity index (χ0v) is 22.1. The Bertz CT molecular complexity index is 1340. The summed E-state index contributed by atoms with van der Waals surface area (Å²) in [5.41, 5.74) is 1.16. The van der Waals surface area contributed by atoms with Crippen LogP contribution >= 0.6 is 34.8 Å². The van der Waals surface area contributed by atoms with Gasteiger partial charge in [0.1, 0.15) is 5.82 Å². The van der Waals surface area contributed by atoms with Crippen molar-refractivity contribution in [2.45, 2.75) is 24.3 Å². The first-order valence-corrected chi connectivity index (χ1v) is 13.8. The molecule has 1 aliphatic heterocycles. The van der Waals surface area contributed by atoms with Crippen molar-refractivity contribution in [2.75, 3.05) is 23.1 Å². The highest BCUT2D eigenvalue weighted by Gasteiger charge is 2.26. The monoisotopic (exact) mass is 569 g/mol. The number of sulfonamides is 1. The van der Waals surface area contributed by atoms with Gasteiger partial charge in [0.15, 0.2) is 0 Å². The average molecular weight is 571 g/mol. The number of hydrogen-bond donors (Lipinski definition) is 2. The van der Waals surface area contributed by atoms with Crippen LogP contribution in [0.2, 0.25) is 15.1 Å². The third-order valence-corrected chi connectivity index (χ3v) is 8.29. The van der Waals surface area contributed by atoms with E-state index in [1.165, 1.54) is 48.5 Å². The largest absolute Gasteiger partial charge is 0.326 e. The van der Waals surface area contributed by atoms with Crippen LogP contribution in [-0.2, 0) is 21.4 Å². The van der Waals surface area contributed by atoms with Crippen LogP contribution in [0.1, 0.15) is 18.4 Å². The normalized spacial score (nSPS) is 15.0. The molecule has 4 rings (SSSR count). The molecule has 36 heavy (non-hydrogen) atoms. The van der Waals surface area contributed by atoms with Gasteiger partial charge in [-0.05, 0) is 80.5 Å². The van der Waals surface area contributed by atoms with Gasteiger partial charge >= 0.3 is 0 Å². The van der Waals surface area contributed by atoms with Crippen molar-refractivity contribution in [3.8, 4) is 0 Å². The zero-order valence-electron chi connectivity index (χ0n) is 19.0. The van der Waals surface area contributed by atoms with E-state index < -0.39 is 10.0 Å². The molecule has 0 atom stereocenters. The highest BCUT2D eigenvalue weighted by molar-refractivity contribution is 7.92. The molecule has 1 heterocycles. The number of halogens is 4. The van der Waals surface area contributed by atoms with Gasteiger partial charge in [-0.15, -0.1) is 0 Å². The summed E-state index contributed by atoms with van der Waals surface area (Å²) in [6.07, 6.45) is 1.24. The number of nitrogens with one attached hydrogen (secondary N) is 2. The number of carbonyl (C=O) groups is 1. The highest BCUT2D eigenvalue weighted by atomic mass is 35.5. The summed E-state index contributed by atoms with van der Waals surface area (Å²) in [6.45, 7) is 1.67. The molecule has 2 N–H and O–H groups in total. The molecule has 1 fully saturated rings. The topological polar surface area (TPSA) is 78.5 Å². The molecule has 1 aliphatic rings. The fourth-order valence-electron chi connectivity index (χ4n) is 4.00. The predicted molar refractivity (Wildman–Crippen MR) is 142 cm³/mol. The molecular formula is C25H23Cl3FN3O3S. The van der Waals surface area contributed by atoms with E-state index in [1.807, 2.05) is 0 Å². The molecule has 0 saturated carbocycles. The lowest BCUT2D eigenvalue weighted by atomic mass is 9.95. The fourth-order valence-corrected chi connectivity index (χ4v) is 5.81. The van der Waals surface area contributed by atoms with Gasteiger partial charge in [-0.3, -0.25) is 14.4 Å². The van der Waals surface area contributed by atoms with Crippen molar-refractivity contribution < 1.29 is 17.6 Å². The Kier molecular flexibility index (Phi) is 8.42. The minimum Gasteiger partial charge on any atom is -0.326 e. The number of carbonyl (C=O) groups excluding carboxylic acids is 1. The van der Waals surface area contributed by atoms with E-state index in [0.29, 0.717) is 53.8 Å². The van der Waals surface area contributed by atoms with Crippen molar-refractivity contribution in [2.24, 2.45) is 5.92 Å². The van der Waals surface area contributed by atoms with E-state index in [-0.39, 0.29) is 33.2 Å². The van der Waals surface area contributed by atoms with Crippen molar-refractivity contribution in [1.29, 1.82) is 0 Å². The molecule has 190 valence electrons. The third kappa shape index (κ3) is 6.49. The molecule has 3 aromatic rings. The number of nitrogens with zero attached hydrogens (tertiary/aromatic N) is 1. The van der Waals surface area contributed by atoms with Crippen LogP contribution in [-0.4, -0.2) is 32.3 Å². The first kappa shape index (κ1) is 26.7. The number of rotatable bonds is 7. The molecule has 0 radical (unpaired) electrons. The molecule has 0 bridgehead atoms. The van der Waals surface area contributed by atoms with Crippen LogP contribution in [0, 0.1) is 11.7 Å². The maximum absolute atomic E-state index is 14.1. The van der Waals surface area contributed by atoms with E-state index in [9.17, 15) is 17.6 Å². The fraction of sp³-hybridized carbons (Fsp3) is 0.240. The summed E-state index contributed by atoms with van der Waals surface area (Å²) < 4.78 is 41.9. The number of hydrogen-bond acceptors (Lipinski definition) is 4. The summed E-state index contributed by atoms with van der Waals surface area (Å²) in [7, 11) is -3.88. The predicted octanol–water partition coefficient (Wildman–Crippen LogP) is 6.44. The average Bonchev–Trinajstić information content (AvgIpc) is 2.84. The third-order valence-electron chi connectivity index (χ3n) is 6.01. The number of anilines is 2. The molecule has 1 amide bonds. The Balaban J connectivity index is 1.32. The summed E-state index contributed by atoms with van der Waals surface area (Å²) in [6, 6.07) is 15.0. The Morgan fingerprint density at radius 2 is 1.67 bits per heavy atom. The maximum atomic E-state index is 14.1. The van der Waals surface area contributed by atoms with E-state index in [0.717, 1.165) is 0 Å². The maximum Gasteiger partial charge on any atom is 0.261 e. The number of benzene rings is 3. The van der Waals surface area contributed by atoms with Gasteiger partial charge in [0.25, 0.3) is 10.0 Å². The summed E-state index contributed by atoms with van der Waals surface area (Å²) in [5, 5.41) is 3.81. The number of amides is 1. The van der Waals surface area contributed by atoms with Gasteiger partial charge in [-0.2, -0.15) is 0 Å². The minimum atomic E-state index is -3.88. The molecule has 0 spiro atoms. The molecule has 0 unspecified atom stereocenters. The van der Waals surface area contributed by atoms with E-state index in [1.54, 1.807) is 12.1 Å². The van der Waals surface area contributed by atoms with Crippen molar-refractivity contribution in [1.82, 2.24) is 4.90 Å². The molecule has 0 aromatic heterocycles. The summed E-state index contributed by atoms with van der Waals surface area (Å²) >= 11 is 18.0. The van der Waals surface area contributed by atoms with Crippen LogP contribution < -0.4 is 10.0 Å². The van der Waals surface area contributed by atoms with Gasteiger partial charge in [-0.1, -0.05) is 40.9 Å². The van der Waals surface area contributed by atoms with E-state index >= 15 is 0 Å². The van der Waals surface area contributed by atoms with Crippen molar-refractivity contribution in [3.63, 3.8) is 0 Å². The SMILES string of the molecule is O=C(Nc1ccc(S(=O)(=O)Nc2ccc(Cl)cc2Cl)cc1)C1CCN(Cc2c(F)cccc2Cl)CC1. The smallest absolute Gasteiger partial charge is 0.261 e. The second kappa shape index (κ2) is 11.4. The van der Waals surface area contributed by atoms with Crippen molar-refractivity contribution >= 4 is 62.1 Å². The first-order chi connectivity index (χ1) is 17.1. The van der Waals surface area contributed by atoms with Gasteiger partial charge in [-0.25, -0.2) is 12.8 Å². The second-order valence-corrected chi connectivity index (χ2v) is 11.4. The zero-order chi connectivity index (χ0) is 25.9. The van der Waals surface area contributed by atoms with Gasteiger partial charge in [0, 0.05) is 33.8 Å². The Morgan fingerprint density at radius 3 is 2.31 bits per heavy atom. The Morgan fingerprint density at radius 1 is 0.972 bits per heavy atom. The summed E-state index contributed by atoms with van der Waals surface area (Å²) in [5.74, 6) is -0.672. The standard InChI is InChI=1S/C25H23Cl3FN3O3S/c26-17-4-9-24(22(28)14-17)31-36(34,35)19-7-5-18(6-8-19)30-25(33)16-10-12-32(13-11-16)15-20-21(27)2-1-3-23(20)29/h1-9,14,16,31H,10-13,15H2,(H,30,33). The highest BCUT2D eigenvalue weighted by Crippen LogP contribution is 2.28. The Labute approximate surface area is 224 Å². The molecule has 3 aromatic carbocycles. The Hall–Kier alpha value is -2.36. The number of likely N-dealkylation sites (tertiary alicyclic amines) is 1. The first-order valence-electron chi connectivity index (χ1n) is 11.2. The van der Waals surface area contributed by atoms with Gasteiger partial charge in [0.05, 0.1) is 15.6 Å². The molecule has 1 saturated heterocycles. The van der Waals surface area contributed by atoms with E-state index in [4.69, 9.17) is 34.8 Å². The van der Waals surface area contributed by atoms with Crippen LogP contribution in [0.15, 0.2) is 65.6 Å². The molecular weight excluding hydrogens is 548 g/mol. The van der Waals surface area contributed by atoms with Crippen LogP contribution in [0.25, 0.3) is 0 Å². The minimum absolute atomic E-state index is 0.0200. The number of piperidine rings is 1. The van der Waals surface area contributed by atoms with Crippen molar-refractivity contribution in [3.05, 3.63) is 87.1 Å². The lowest BCUT2D eigenvalue weighted by Crippen LogP contribution is -2.38. The van der Waals surface area contributed by atoms with E-state index in [2.05, 4.69) is 14.9 Å². The van der Waals surface area contributed by atoms with Gasteiger partial charge in [0.2, 0.25) is 5.91 Å². The van der Waals surface area contributed by atoms with Crippen LogP contribution in [0.4, 0.5) is 15.8 Å².